The summed E-state index contributed by atoms with van der Waals surface area (Å²) in [5, 5.41) is 0. The van der Waals surface area contributed by atoms with E-state index in [0.717, 1.165) is 17.6 Å². The van der Waals surface area contributed by atoms with Gasteiger partial charge in [0, 0.05) is 11.0 Å². The third-order valence-electron chi connectivity index (χ3n) is 3.03. The highest BCUT2D eigenvalue weighted by molar-refractivity contribution is 14.1. The minimum absolute atomic E-state index is 0.104. The highest BCUT2D eigenvalue weighted by atomic mass is 127. The molecule has 0 saturated carbocycles. The molecule has 0 aromatic heterocycles. The van der Waals surface area contributed by atoms with Gasteiger partial charge in [0.25, 0.3) is 0 Å². The Kier molecular flexibility index (Phi) is 3.48. The lowest BCUT2D eigenvalue weighted by molar-refractivity contribution is -0.175. The van der Waals surface area contributed by atoms with Gasteiger partial charge in [-0.25, -0.2) is 0 Å². The van der Waals surface area contributed by atoms with E-state index in [-0.39, 0.29) is 5.60 Å². The first-order valence-electron chi connectivity index (χ1n) is 5.16. The van der Waals surface area contributed by atoms with E-state index in [0.29, 0.717) is 6.10 Å². The van der Waals surface area contributed by atoms with Gasteiger partial charge < -0.3 is 9.47 Å². The summed E-state index contributed by atoms with van der Waals surface area (Å²) in [6.07, 6.45) is 6.63. The molecule has 2 fully saturated rings. The predicted molar refractivity (Wildman–Crippen MR) is 60.4 cm³/mol. The van der Waals surface area contributed by atoms with Crippen molar-refractivity contribution in [3.8, 4) is 0 Å². The fourth-order valence-corrected chi connectivity index (χ4v) is 2.97. The van der Waals surface area contributed by atoms with Crippen LogP contribution in [0, 0.1) is 0 Å². The zero-order chi connectivity index (χ0) is 9.15. The Hall–Kier alpha value is 0.650. The molecule has 1 spiro atoms. The minimum atomic E-state index is 0.104. The smallest absolute Gasteiger partial charge is 0.0919 e. The number of hydrogen-bond acceptors (Lipinski definition) is 2. The SMILES string of the molecule is ICC1CCCC2(CCCOC2)O1. The van der Waals surface area contributed by atoms with Crippen molar-refractivity contribution in [2.45, 2.75) is 43.8 Å². The molecule has 2 nitrogen and oxygen atoms in total. The van der Waals surface area contributed by atoms with E-state index in [1.54, 1.807) is 0 Å². The van der Waals surface area contributed by atoms with Crippen LogP contribution in [-0.2, 0) is 9.47 Å². The third kappa shape index (κ3) is 2.36. The van der Waals surface area contributed by atoms with Crippen LogP contribution in [0.5, 0.6) is 0 Å². The van der Waals surface area contributed by atoms with Gasteiger partial charge in [-0.1, -0.05) is 22.6 Å². The van der Waals surface area contributed by atoms with E-state index in [1.165, 1.54) is 32.1 Å². The Morgan fingerprint density at radius 1 is 1.31 bits per heavy atom. The summed E-state index contributed by atoms with van der Waals surface area (Å²) in [7, 11) is 0. The summed E-state index contributed by atoms with van der Waals surface area (Å²) < 4.78 is 12.8. The van der Waals surface area contributed by atoms with E-state index in [2.05, 4.69) is 22.6 Å². The van der Waals surface area contributed by atoms with E-state index in [9.17, 15) is 0 Å². The summed E-state index contributed by atoms with van der Waals surface area (Å²) in [5.74, 6) is 0. The number of ether oxygens (including phenoxy) is 2. The van der Waals surface area contributed by atoms with Crippen LogP contribution < -0.4 is 0 Å². The van der Waals surface area contributed by atoms with E-state index in [1.807, 2.05) is 0 Å². The third-order valence-corrected chi connectivity index (χ3v) is 4.02. The molecule has 0 aliphatic carbocycles. The molecule has 2 aliphatic rings. The zero-order valence-corrected chi connectivity index (χ0v) is 10.1. The molecule has 76 valence electrons. The quantitative estimate of drug-likeness (QED) is 0.547. The Morgan fingerprint density at radius 2 is 2.15 bits per heavy atom. The zero-order valence-electron chi connectivity index (χ0n) is 7.93. The van der Waals surface area contributed by atoms with Crippen LogP contribution in [0.4, 0.5) is 0 Å². The van der Waals surface area contributed by atoms with Crippen LogP contribution in [0.2, 0.25) is 0 Å². The summed E-state index contributed by atoms with van der Waals surface area (Å²) in [6, 6.07) is 0. The molecule has 2 heterocycles. The topological polar surface area (TPSA) is 18.5 Å². The van der Waals surface area contributed by atoms with Gasteiger partial charge in [0.1, 0.15) is 0 Å². The van der Waals surface area contributed by atoms with Gasteiger partial charge >= 0.3 is 0 Å². The van der Waals surface area contributed by atoms with Gasteiger partial charge in [-0.3, -0.25) is 0 Å². The molecule has 2 aliphatic heterocycles. The molecular formula is C10H17IO2. The van der Waals surface area contributed by atoms with Gasteiger partial charge in [-0.2, -0.15) is 0 Å². The fourth-order valence-electron chi connectivity index (χ4n) is 2.35. The molecule has 0 N–H and O–H groups in total. The van der Waals surface area contributed by atoms with Gasteiger partial charge in [0.05, 0.1) is 18.3 Å². The molecule has 0 aromatic carbocycles. The molecule has 0 aromatic rings. The first kappa shape index (κ1) is 10.2. The average Bonchev–Trinajstić information content (AvgIpc) is 2.19. The van der Waals surface area contributed by atoms with Crippen LogP contribution in [0.15, 0.2) is 0 Å². The first-order valence-corrected chi connectivity index (χ1v) is 6.69. The molecule has 2 rings (SSSR count). The molecule has 0 bridgehead atoms. The lowest BCUT2D eigenvalue weighted by Gasteiger charge is -2.43. The number of halogens is 1. The van der Waals surface area contributed by atoms with Gasteiger partial charge in [-0.15, -0.1) is 0 Å². The highest BCUT2D eigenvalue weighted by Crippen LogP contribution is 2.35. The molecule has 2 saturated heterocycles. The van der Waals surface area contributed by atoms with Crippen molar-refractivity contribution in [3.63, 3.8) is 0 Å². The normalized spacial score (nSPS) is 40.8. The Bertz CT molecular complexity index is 161. The number of rotatable bonds is 1. The van der Waals surface area contributed by atoms with E-state index < -0.39 is 0 Å². The molecule has 0 radical (unpaired) electrons. The largest absolute Gasteiger partial charge is 0.378 e. The van der Waals surface area contributed by atoms with Crippen LogP contribution in [0.1, 0.15) is 32.1 Å². The average molecular weight is 296 g/mol. The maximum Gasteiger partial charge on any atom is 0.0919 e. The minimum Gasteiger partial charge on any atom is -0.378 e. The monoisotopic (exact) mass is 296 g/mol. The molecule has 3 heteroatoms. The summed E-state index contributed by atoms with van der Waals surface area (Å²) >= 11 is 2.42. The van der Waals surface area contributed by atoms with Crippen molar-refractivity contribution in [1.82, 2.24) is 0 Å². The second-order valence-electron chi connectivity index (χ2n) is 4.13. The lowest BCUT2D eigenvalue weighted by atomic mass is 9.87. The predicted octanol–water partition coefficient (Wildman–Crippen LogP) is 2.54. The second kappa shape index (κ2) is 4.45. The lowest BCUT2D eigenvalue weighted by Crippen LogP contribution is -2.47. The van der Waals surface area contributed by atoms with Gasteiger partial charge in [-0.05, 0) is 32.1 Å². The fraction of sp³-hybridized carbons (Fsp3) is 1.00. The van der Waals surface area contributed by atoms with Crippen molar-refractivity contribution < 1.29 is 9.47 Å². The van der Waals surface area contributed by atoms with Crippen LogP contribution in [-0.4, -0.2) is 29.3 Å². The van der Waals surface area contributed by atoms with Crippen molar-refractivity contribution in [2.24, 2.45) is 0 Å². The van der Waals surface area contributed by atoms with Crippen LogP contribution in [0.3, 0.4) is 0 Å². The summed E-state index contributed by atoms with van der Waals surface area (Å²) in [5.41, 5.74) is 0.104. The highest BCUT2D eigenvalue weighted by Gasteiger charge is 2.38. The number of hydrogen-bond donors (Lipinski definition) is 0. The molecular weight excluding hydrogens is 279 g/mol. The maximum absolute atomic E-state index is 6.13. The van der Waals surface area contributed by atoms with Crippen molar-refractivity contribution in [3.05, 3.63) is 0 Å². The van der Waals surface area contributed by atoms with E-state index in [4.69, 9.17) is 9.47 Å². The second-order valence-corrected chi connectivity index (χ2v) is 5.01. The van der Waals surface area contributed by atoms with Crippen LogP contribution >= 0.6 is 22.6 Å². The van der Waals surface area contributed by atoms with E-state index >= 15 is 0 Å². The Balaban J connectivity index is 1.95. The summed E-state index contributed by atoms with van der Waals surface area (Å²) in [6.45, 7) is 1.76. The standard InChI is InChI=1S/C10H17IO2/c11-7-9-3-1-4-10(13-9)5-2-6-12-8-10/h9H,1-8H2. The van der Waals surface area contributed by atoms with Gasteiger partial charge in [0.2, 0.25) is 0 Å². The number of alkyl halides is 1. The molecule has 13 heavy (non-hydrogen) atoms. The molecule has 0 amide bonds. The van der Waals surface area contributed by atoms with Crippen LogP contribution in [0.25, 0.3) is 0 Å². The van der Waals surface area contributed by atoms with Crippen molar-refractivity contribution >= 4 is 22.6 Å². The summed E-state index contributed by atoms with van der Waals surface area (Å²) in [4.78, 5) is 0. The first-order chi connectivity index (χ1) is 6.35. The maximum atomic E-state index is 6.13. The molecule has 2 unspecified atom stereocenters. The Morgan fingerprint density at radius 3 is 2.85 bits per heavy atom. The Labute approximate surface area is 93.5 Å². The van der Waals surface area contributed by atoms with Crippen molar-refractivity contribution in [2.75, 3.05) is 17.6 Å². The van der Waals surface area contributed by atoms with Gasteiger partial charge in [0.15, 0.2) is 0 Å². The molecule has 2 atom stereocenters. The van der Waals surface area contributed by atoms with Crippen molar-refractivity contribution in [1.29, 1.82) is 0 Å².